The van der Waals surface area contributed by atoms with Gasteiger partial charge in [0.15, 0.2) is 15.4 Å². The molecule has 3 rings (SSSR count). The molecule has 0 aliphatic carbocycles. The molecule has 3 aromatic rings. The number of benzene rings is 2. The Morgan fingerprint density at radius 3 is 2.70 bits per heavy atom. The van der Waals surface area contributed by atoms with Gasteiger partial charge in [0.25, 0.3) is 0 Å². The average Bonchev–Trinajstić information content (AvgIpc) is 2.95. The van der Waals surface area contributed by atoms with Crippen LogP contribution >= 0.6 is 0 Å². The minimum Gasteiger partial charge on any atom is -0.437 e. The molecule has 2 aromatic carbocycles. The van der Waals surface area contributed by atoms with E-state index in [4.69, 9.17) is 4.42 Å². The molecule has 118 valence electrons. The van der Waals surface area contributed by atoms with E-state index in [2.05, 4.69) is 11.1 Å². The van der Waals surface area contributed by atoms with E-state index < -0.39 is 9.84 Å². The van der Waals surface area contributed by atoms with Crippen LogP contribution in [-0.4, -0.2) is 19.2 Å². The normalized spacial score (nSPS) is 12.3. The van der Waals surface area contributed by atoms with Crippen LogP contribution in [-0.2, 0) is 9.84 Å². The molecular weight excluding hydrogens is 310 g/mol. The van der Waals surface area contributed by atoms with Gasteiger partial charge in [0.2, 0.25) is 5.89 Å². The smallest absolute Gasteiger partial charge is 0.220 e. The monoisotopic (exact) mass is 327 g/mol. The Bertz CT molecular complexity index is 984. The van der Waals surface area contributed by atoms with Crippen molar-refractivity contribution in [1.29, 1.82) is 0 Å². The summed E-state index contributed by atoms with van der Waals surface area (Å²) in [6.45, 7) is 3.66. The number of nitrogens with zero attached hydrogens (tertiary/aromatic N) is 1. The van der Waals surface area contributed by atoms with Gasteiger partial charge in [0, 0.05) is 6.08 Å². The third-order valence-corrected chi connectivity index (χ3v) is 5.31. The fourth-order valence-corrected chi connectivity index (χ4v) is 3.20. The van der Waals surface area contributed by atoms with Gasteiger partial charge in [-0.05, 0) is 36.8 Å². The number of aryl methyl sites for hydroxylation is 1. The van der Waals surface area contributed by atoms with Crippen LogP contribution in [0.15, 0.2) is 51.8 Å². The van der Waals surface area contributed by atoms with Gasteiger partial charge in [-0.3, -0.25) is 0 Å². The molecule has 5 heteroatoms. The van der Waals surface area contributed by atoms with E-state index in [-0.39, 0.29) is 10.6 Å². The van der Waals surface area contributed by atoms with Crippen LogP contribution in [0, 0.1) is 6.92 Å². The van der Waals surface area contributed by atoms with Crippen molar-refractivity contribution in [3.05, 3.63) is 59.5 Å². The zero-order valence-corrected chi connectivity index (χ0v) is 13.8. The first kappa shape index (κ1) is 15.5. The summed E-state index contributed by atoms with van der Waals surface area (Å²) in [4.78, 5) is 4.61. The van der Waals surface area contributed by atoms with Gasteiger partial charge in [-0.25, -0.2) is 13.4 Å². The standard InChI is InChI=1S/C18H17NO3S/c1-3-23(20,21)15-8-9-17-16(12-15)19-18(22-17)10-7-14-6-4-5-13(2)11-14/h4-12H,3H2,1-2H3/b10-7+. The van der Waals surface area contributed by atoms with E-state index in [1.807, 2.05) is 31.2 Å². The molecule has 0 amide bonds. The molecule has 0 aliphatic heterocycles. The number of sulfone groups is 1. The lowest BCUT2D eigenvalue weighted by Gasteiger charge is -1.99. The Morgan fingerprint density at radius 2 is 1.96 bits per heavy atom. The molecule has 0 aliphatic rings. The molecular formula is C18H17NO3S. The molecule has 0 spiro atoms. The molecule has 0 atom stereocenters. The average molecular weight is 327 g/mol. The molecule has 0 fully saturated rings. The molecule has 0 saturated carbocycles. The first-order valence-corrected chi connectivity index (χ1v) is 9.01. The quantitative estimate of drug-likeness (QED) is 0.724. The van der Waals surface area contributed by atoms with Gasteiger partial charge in [-0.1, -0.05) is 36.8 Å². The highest BCUT2D eigenvalue weighted by molar-refractivity contribution is 7.91. The van der Waals surface area contributed by atoms with Crippen molar-refractivity contribution in [1.82, 2.24) is 4.98 Å². The number of rotatable bonds is 4. The van der Waals surface area contributed by atoms with E-state index in [0.717, 1.165) is 5.56 Å². The highest BCUT2D eigenvalue weighted by atomic mass is 32.2. The topological polar surface area (TPSA) is 60.2 Å². The van der Waals surface area contributed by atoms with Gasteiger partial charge in [0.1, 0.15) is 5.52 Å². The third kappa shape index (κ3) is 3.35. The van der Waals surface area contributed by atoms with Crippen molar-refractivity contribution in [3.8, 4) is 0 Å². The van der Waals surface area contributed by atoms with Crippen molar-refractivity contribution in [2.24, 2.45) is 0 Å². The second-order valence-corrected chi connectivity index (χ2v) is 7.61. The molecule has 0 unspecified atom stereocenters. The highest BCUT2D eigenvalue weighted by Crippen LogP contribution is 2.22. The Balaban J connectivity index is 1.94. The summed E-state index contributed by atoms with van der Waals surface area (Å²) in [6.07, 6.45) is 3.70. The van der Waals surface area contributed by atoms with E-state index in [1.165, 1.54) is 5.56 Å². The molecule has 4 nitrogen and oxygen atoms in total. The number of aromatic nitrogens is 1. The minimum absolute atomic E-state index is 0.0659. The number of hydrogen-bond donors (Lipinski definition) is 0. The summed E-state index contributed by atoms with van der Waals surface area (Å²) in [6, 6.07) is 12.8. The SMILES string of the molecule is CCS(=O)(=O)c1ccc2oc(/C=C/c3cccc(C)c3)nc2c1. The van der Waals surface area contributed by atoms with E-state index in [1.54, 1.807) is 31.2 Å². The molecule has 1 aromatic heterocycles. The summed E-state index contributed by atoms with van der Waals surface area (Å²) >= 11 is 0. The second kappa shape index (κ2) is 6.01. The first-order valence-electron chi connectivity index (χ1n) is 7.36. The van der Waals surface area contributed by atoms with Gasteiger partial charge in [-0.15, -0.1) is 0 Å². The lowest BCUT2D eigenvalue weighted by molar-refractivity contribution is 0.589. The van der Waals surface area contributed by atoms with Crippen molar-refractivity contribution < 1.29 is 12.8 Å². The summed E-state index contributed by atoms with van der Waals surface area (Å²) in [5, 5.41) is 0. The zero-order chi connectivity index (χ0) is 16.4. The maximum Gasteiger partial charge on any atom is 0.220 e. The van der Waals surface area contributed by atoms with E-state index >= 15 is 0 Å². The number of oxazole rings is 1. The van der Waals surface area contributed by atoms with Crippen LogP contribution in [0.25, 0.3) is 23.3 Å². The Hall–Kier alpha value is -2.40. The van der Waals surface area contributed by atoms with Crippen LogP contribution in [0.4, 0.5) is 0 Å². The summed E-state index contributed by atoms with van der Waals surface area (Å²) in [5.41, 5.74) is 3.35. The van der Waals surface area contributed by atoms with E-state index in [0.29, 0.717) is 17.0 Å². The van der Waals surface area contributed by atoms with Crippen LogP contribution in [0.2, 0.25) is 0 Å². The maximum atomic E-state index is 11.9. The summed E-state index contributed by atoms with van der Waals surface area (Å²) in [5.74, 6) is 0.517. The van der Waals surface area contributed by atoms with Crippen LogP contribution in [0.1, 0.15) is 23.9 Å². The van der Waals surface area contributed by atoms with Crippen molar-refractivity contribution >= 4 is 33.1 Å². The zero-order valence-electron chi connectivity index (χ0n) is 13.0. The largest absolute Gasteiger partial charge is 0.437 e. The van der Waals surface area contributed by atoms with Crippen molar-refractivity contribution in [2.75, 3.05) is 5.75 Å². The predicted octanol–water partition coefficient (Wildman–Crippen LogP) is 4.10. The van der Waals surface area contributed by atoms with Crippen molar-refractivity contribution in [2.45, 2.75) is 18.7 Å². The van der Waals surface area contributed by atoms with Crippen LogP contribution < -0.4 is 0 Å². The number of fused-ring (bicyclic) bond motifs is 1. The van der Waals surface area contributed by atoms with Gasteiger partial charge < -0.3 is 4.42 Å². The second-order valence-electron chi connectivity index (χ2n) is 5.33. The van der Waals surface area contributed by atoms with Crippen LogP contribution in [0.3, 0.4) is 0 Å². The van der Waals surface area contributed by atoms with Crippen LogP contribution in [0.5, 0.6) is 0 Å². The highest BCUT2D eigenvalue weighted by Gasteiger charge is 2.13. The fraction of sp³-hybridized carbons (Fsp3) is 0.167. The molecule has 0 radical (unpaired) electrons. The van der Waals surface area contributed by atoms with Gasteiger partial charge >= 0.3 is 0 Å². The maximum absolute atomic E-state index is 11.9. The van der Waals surface area contributed by atoms with Gasteiger partial charge in [-0.2, -0.15) is 0 Å². The Morgan fingerprint density at radius 1 is 1.13 bits per heavy atom. The van der Waals surface area contributed by atoms with Gasteiger partial charge in [0.05, 0.1) is 10.6 Å². The van der Waals surface area contributed by atoms with Crippen molar-refractivity contribution in [3.63, 3.8) is 0 Å². The molecule has 0 saturated heterocycles. The Labute approximate surface area is 135 Å². The summed E-state index contributed by atoms with van der Waals surface area (Å²) in [7, 11) is -3.24. The minimum atomic E-state index is -3.24. The molecule has 23 heavy (non-hydrogen) atoms. The lowest BCUT2D eigenvalue weighted by Crippen LogP contribution is -2.03. The molecule has 0 bridgehead atoms. The lowest BCUT2D eigenvalue weighted by atomic mass is 10.1. The molecule has 1 heterocycles. The fourth-order valence-electron chi connectivity index (χ4n) is 2.30. The predicted molar refractivity (Wildman–Crippen MR) is 91.8 cm³/mol. The molecule has 0 N–H and O–H groups in total. The third-order valence-electron chi connectivity index (χ3n) is 3.58. The first-order chi connectivity index (χ1) is 11.0. The Kier molecular flexibility index (Phi) is 4.05. The summed E-state index contributed by atoms with van der Waals surface area (Å²) < 4.78 is 29.5. The van der Waals surface area contributed by atoms with E-state index in [9.17, 15) is 8.42 Å². The number of hydrogen-bond acceptors (Lipinski definition) is 4.